The number of nitrogens with zero attached hydrogens (tertiary/aromatic N) is 5. The summed E-state index contributed by atoms with van der Waals surface area (Å²) in [5, 5.41) is 6.74. The maximum Gasteiger partial charge on any atom is 0.232 e. The van der Waals surface area contributed by atoms with Crippen LogP contribution < -0.4 is 24.7 Å². The molecular weight excluding hydrogens is 486 g/mol. The van der Waals surface area contributed by atoms with Gasteiger partial charge in [0, 0.05) is 74.9 Å². The number of rotatable bonds is 7. The lowest BCUT2D eigenvalue weighted by Gasteiger charge is -2.29. The topological polar surface area (TPSA) is 93.7 Å². The molecule has 2 aromatic carbocycles. The van der Waals surface area contributed by atoms with Crippen LogP contribution in [0.15, 0.2) is 54.7 Å². The van der Waals surface area contributed by atoms with Crippen LogP contribution in [0.2, 0.25) is 0 Å². The fraction of sp³-hybridized carbons (Fsp3) is 0.407. The number of benzene rings is 2. The molecule has 2 aliphatic heterocycles. The molecule has 0 saturated carbocycles. The summed E-state index contributed by atoms with van der Waals surface area (Å²) in [6.07, 6.45) is 3.13. The van der Waals surface area contributed by atoms with E-state index in [1.807, 2.05) is 30.5 Å². The number of hydrogen-bond donors (Lipinski definition) is 2. The number of piperazine rings is 1. The summed E-state index contributed by atoms with van der Waals surface area (Å²) in [4.78, 5) is 14.1. The van der Waals surface area contributed by atoms with Gasteiger partial charge in [-0.2, -0.15) is 4.98 Å². The van der Waals surface area contributed by atoms with Gasteiger partial charge in [0.25, 0.3) is 0 Å². The van der Waals surface area contributed by atoms with E-state index in [2.05, 4.69) is 63.5 Å². The molecule has 37 heavy (non-hydrogen) atoms. The molecule has 1 fully saturated rings. The number of anilines is 5. The summed E-state index contributed by atoms with van der Waals surface area (Å²) < 4.78 is 25.8. The Hall–Kier alpha value is -3.37. The van der Waals surface area contributed by atoms with Gasteiger partial charge in [0.15, 0.2) is 0 Å². The molecule has 0 radical (unpaired) electrons. The van der Waals surface area contributed by atoms with Crippen LogP contribution in [0.25, 0.3) is 0 Å². The lowest BCUT2D eigenvalue weighted by molar-refractivity contribution is 0.548. The quantitative estimate of drug-likeness (QED) is 0.489. The Balaban J connectivity index is 1.38. The lowest BCUT2D eigenvalue weighted by atomic mass is 9.89. The van der Waals surface area contributed by atoms with Crippen molar-refractivity contribution in [2.75, 3.05) is 65.4 Å². The third-order valence-corrected chi connectivity index (χ3v) is 8.37. The van der Waals surface area contributed by atoms with Crippen molar-refractivity contribution in [2.24, 2.45) is 0 Å². The summed E-state index contributed by atoms with van der Waals surface area (Å²) >= 11 is 0. The van der Waals surface area contributed by atoms with E-state index in [1.54, 1.807) is 7.05 Å². The highest BCUT2D eigenvalue weighted by molar-refractivity contribution is 7.92. The van der Waals surface area contributed by atoms with Gasteiger partial charge in [0.2, 0.25) is 16.0 Å². The number of sulfonamides is 1. The minimum Gasteiger partial charge on any atom is -0.369 e. The summed E-state index contributed by atoms with van der Waals surface area (Å²) in [5.41, 5.74) is 4.71. The first-order chi connectivity index (χ1) is 17.6. The molecular formula is C27H35N7O2S. The fourth-order valence-corrected chi connectivity index (χ4v) is 5.60. The molecule has 3 aromatic rings. The Morgan fingerprint density at radius 3 is 2.49 bits per heavy atom. The zero-order valence-corrected chi connectivity index (χ0v) is 22.7. The Bertz CT molecular complexity index is 1370. The second kappa shape index (κ2) is 9.83. The lowest BCUT2D eigenvalue weighted by Crippen LogP contribution is -2.43. The highest BCUT2D eigenvalue weighted by Gasteiger charge is 2.37. The van der Waals surface area contributed by atoms with Gasteiger partial charge in [-0.3, -0.25) is 4.31 Å². The van der Waals surface area contributed by atoms with Gasteiger partial charge in [-0.25, -0.2) is 13.4 Å². The van der Waals surface area contributed by atoms with Gasteiger partial charge in [0.1, 0.15) is 5.82 Å². The second-order valence-electron chi connectivity index (χ2n) is 10.4. The number of nitrogens with one attached hydrogen (secondary N) is 2. The number of para-hydroxylation sites is 1. The Labute approximate surface area is 219 Å². The van der Waals surface area contributed by atoms with Crippen LogP contribution in [-0.4, -0.2) is 64.4 Å². The van der Waals surface area contributed by atoms with Crippen LogP contribution in [-0.2, 0) is 22.0 Å². The third-order valence-electron chi connectivity index (χ3n) is 7.18. The van der Waals surface area contributed by atoms with Crippen molar-refractivity contribution in [2.45, 2.75) is 25.8 Å². The van der Waals surface area contributed by atoms with Crippen LogP contribution in [0.4, 0.5) is 28.8 Å². The molecule has 0 aliphatic carbocycles. The average Bonchev–Trinajstić information content (AvgIpc) is 3.13. The largest absolute Gasteiger partial charge is 0.369 e. The van der Waals surface area contributed by atoms with Crippen molar-refractivity contribution in [3.8, 4) is 0 Å². The molecule has 196 valence electrons. The molecule has 0 bridgehead atoms. The van der Waals surface area contributed by atoms with E-state index in [-0.39, 0.29) is 5.41 Å². The smallest absolute Gasteiger partial charge is 0.232 e. The van der Waals surface area contributed by atoms with Gasteiger partial charge in [-0.1, -0.05) is 32.0 Å². The molecule has 1 saturated heterocycles. The number of fused-ring (bicyclic) bond motifs is 1. The van der Waals surface area contributed by atoms with E-state index in [0.717, 1.165) is 55.4 Å². The molecule has 0 unspecified atom stereocenters. The van der Waals surface area contributed by atoms with E-state index in [0.29, 0.717) is 18.2 Å². The Morgan fingerprint density at radius 1 is 1.08 bits per heavy atom. The van der Waals surface area contributed by atoms with Crippen molar-refractivity contribution in [3.05, 3.63) is 65.9 Å². The van der Waals surface area contributed by atoms with Crippen molar-refractivity contribution in [1.29, 1.82) is 0 Å². The van der Waals surface area contributed by atoms with Gasteiger partial charge >= 0.3 is 0 Å². The van der Waals surface area contributed by atoms with Gasteiger partial charge in [-0.15, -0.1) is 0 Å². The fourth-order valence-electron chi connectivity index (χ4n) is 5.06. The first kappa shape index (κ1) is 25.3. The van der Waals surface area contributed by atoms with E-state index in [9.17, 15) is 8.42 Å². The van der Waals surface area contributed by atoms with Gasteiger partial charge < -0.3 is 20.4 Å². The predicted molar refractivity (Wildman–Crippen MR) is 151 cm³/mol. The first-order valence-electron chi connectivity index (χ1n) is 12.6. The van der Waals surface area contributed by atoms with Crippen LogP contribution >= 0.6 is 0 Å². The molecule has 10 heteroatoms. The van der Waals surface area contributed by atoms with Gasteiger partial charge in [-0.05, 0) is 35.9 Å². The molecule has 0 amide bonds. The van der Waals surface area contributed by atoms with E-state index in [4.69, 9.17) is 4.98 Å². The summed E-state index contributed by atoms with van der Waals surface area (Å²) in [6, 6.07) is 16.0. The summed E-state index contributed by atoms with van der Waals surface area (Å²) in [5.74, 6) is 1.41. The second-order valence-corrected chi connectivity index (χ2v) is 12.5. The van der Waals surface area contributed by atoms with Crippen LogP contribution in [0.1, 0.15) is 25.0 Å². The Morgan fingerprint density at radius 2 is 1.78 bits per heavy atom. The third kappa shape index (κ3) is 5.35. The molecule has 5 rings (SSSR count). The molecule has 3 heterocycles. The molecule has 0 spiro atoms. The molecule has 2 N–H and O–H groups in total. The van der Waals surface area contributed by atoms with Gasteiger partial charge in [0.05, 0.1) is 11.9 Å². The maximum absolute atomic E-state index is 12.2. The minimum atomic E-state index is -3.37. The normalized spacial score (nSPS) is 17.0. The predicted octanol–water partition coefficient (Wildman–Crippen LogP) is 3.32. The van der Waals surface area contributed by atoms with E-state index >= 15 is 0 Å². The highest BCUT2D eigenvalue weighted by Crippen LogP contribution is 2.41. The van der Waals surface area contributed by atoms with Crippen LogP contribution in [0.3, 0.4) is 0 Å². The first-order valence-corrected chi connectivity index (χ1v) is 14.4. The monoisotopic (exact) mass is 521 g/mol. The summed E-state index contributed by atoms with van der Waals surface area (Å²) in [6.45, 7) is 9.71. The van der Waals surface area contributed by atoms with E-state index in [1.165, 1.54) is 16.2 Å². The SMILES string of the molecule is CN(c1ccccc1CN1CC(C)(C)c2cnc(Nc3ccc(N4CCNCC4)cc3)nc21)S(C)(=O)=O. The zero-order valence-electron chi connectivity index (χ0n) is 21.9. The maximum atomic E-state index is 12.2. The van der Waals surface area contributed by atoms with Crippen LogP contribution in [0, 0.1) is 0 Å². The van der Waals surface area contributed by atoms with Crippen molar-refractivity contribution in [1.82, 2.24) is 15.3 Å². The summed E-state index contributed by atoms with van der Waals surface area (Å²) in [7, 11) is -1.78. The van der Waals surface area contributed by atoms with Crippen molar-refractivity contribution in [3.63, 3.8) is 0 Å². The number of hydrogen-bond acceptors (Lipinski definition) is 8. The standard InChI is InChI=1S/C27H35N7O2S/c1-27(2)19-34(18-20-7-5-6-8-24(20)32(3)37(4,35)36)25-23(27)17-29-26(31-25)30-21-9-11-22(12-10-21)33-15-13-28-14-16-33/h5-12,17,28H,13-16,18-19H2,1-4H3,(H,29,30,31). The van der Waals surface area contributed by atoms with E-state index < -0.39 is 10.0 Å². The highest BCUT2D eigenvalue weighted by atomic mass is 32.2. The molecule has 9 nitrogen and oxygen atoms in total. The number of aromatic nitrogens is 2. The van der Waals surface area contributed by atoms with Crippen molar-refractivity contribution < 1.29 is 8.42 Å². The van der Waals surface area contributed by atoms with Crippen LogP contribution in [0.5, 0.6) is 0 Å². The zero-order chi connectivity index (χ0) is 26.2. The average molecular weight is 522 g/mol. The molecule has 2 aliphatic rings. The Kier molecular flexibility index (Phi) is 6.72. The minimum absolute atomic E-state index is 0.128. The molecule has 0 atom stereocenters. The molecule has 1 aromatic heterocycles. The van der Waals surface area contributed by atoms with Crippen molar-refractivity contribution >= 4 is 38.9 Å².